The number of thioether (sulfide) groups is 1. The predicted octanol–water partition coefficient (Wildman–Crippen LogP) is 4.78. The van der Waals surface area contributed by atoms with Gasteiger partial charge in [-0.15, -0.1) is 0 Å². The molecule has 1 N–H and O–H groups in total. The Bertz CT molecular complexity index is 1140. The molecule has 4 rings (SSSR count). The summed E-state index contributed by atoms with van der Waals surface area (Å²) in [5.41, 5.74) is 2.82. The summed E-state index contributed by atoms with van der Waals surface area (Å²) in [7, 11) is 1.61. The van der Waals surface area contributed by atoms with Gasteiger partial charge in [-0.05, 0) is 35.9 Å². The molecule has 2 heterocycles. The molecule has 2 aromatic carbocycles. The predicted molar refractivity (Wildman–Crippen MR) is 143 cm³/mol. The maximum absolute atomic E-state index is 12.1. The molecule has 1 aliphatic heterocycles. The van der Waals surface area contributed by atoms with Crippen molar-refractivity contribution in [1.82, 2.24) is 15.3 Å². The number of rotatable bonds is 9. The molecule has 0 saturated carbocycles. The van der Waals surface area contributed by atoms with Gasteiger partial charge in [0.05, 0.1) is 6.61 Å². The smallest absolute Gasteiger partial charge is 0.251 e. The summed E-state index contributed by atoms with van der Waals surface area (Å²) in [6.45, 7) is 4.37. The minimum absolute atomic E-state index is 0.112. The van der Waals surface area contributed by atoms with Gasteiger partial charge in [-0.2, -0.15) is 0 Å². The SMILES string of the molecule is COCCNC(=O)c1ccc(CSc2nc(Cl)cc(N3CCN(c4cccc(Cl)c4)CC3)n2)cc1. The van der Waals surface area contributed by atoms with E-state index in [1.54, 1.807) is 7.11 Å². The summed E-state index contributed by atoms with van der Waals surface area (Å²) < 4.78 is 4.96. The van der Waals surface area contributed by atoms with Crippen molar-refractivity contribution in [3.63, 3.8) is 0 Å². The van der Waals surface area contributed by atoms with Gasteiger partial charge in [-0.25, -0.2) is 9.97 Å². The number of hydrogen-bond acceptors (Lipinski definition) is 7. The Morgan fingerprint density at radius 1 is 1.03 bits per heavy atom. The van der Waals surface area contributed by atoms with Crippen LogP contribution in [0.5, 0.6) is 0 Å². The lowest BCUT2D eigenvalue weighted by molar-refractivity contribution is 0.0937. The fourth-order valence-corrected chi connectivity index (χ4v) is 4.97. The minimum Gasteiger partial charge on any atom is -0.383 e. The van der Waals surface area contributed by atoms with E-state index in [-0.39, 0.29) is 5.91 Å². The lowest BCUT2D eigenvalue weighted by atomic mass is 10.1. The quantitative estimate of drug-likeness (QED) is 0.184. The van der Waals surface area contributed by atoms with Gasteiger partial charge in [-0.1, -0.05) is 53.2 Å². The molecule has 1 fully saturated rings. The van der Waals surface area contributed by atoms with Crippen LogP contribution in [0.2, 0.25) is 10.2 Å². The van der Waals surface area contributed by atoms with E-state index >= 15 is 0 Å². The second kappa shape index (κ2) is 12.4. The number of carbonyl (C=O) groups is 1. The van der Waals surface area contributed by atoms with Crippen LogP contribution in [-0.2, 0) is 10.5 Å². The zero-order valence-corrected chi connectivity index (χ0v) is 21.7. The van der Waals surface area contributed by atoms with Crippen molar-refractivity contribution in [2.75, 3.05) is 56.2 Å². The first-order chi connectivity index (χ1) is 17.0. The van der Waals surface area contributed by atoms with Crippen molar-refractivity contribution < 1.29 is 9.53 Å². The number of aromatic nitrogens is 2. The lowest BCUT2D eigenvalue weighted by Crippen LogP contribution is -2.46. The van der Waals surface area contributed by atoms with Crippen molar-refractivity contribution in [3.05, 3.63) is 75.9 Å². The molecule has 1 aliphatic rings. The highest BCUT2D eigenvalue weighted by atomic mass is 35.5. The topological polar surface area (TPSA) is 70.6 Å². The maximum atomic E-state index is 12.1. The first-order valence-electron chi connectivity index (χ1n) is 11.3. The number of piperazine rings is 1. The summed E-state index contributed by atoms with van der Waals surface area (Å²) in [4.78, 5) is 25.8. The molecule has 3 aromatic rings. The first kappa shape index (κ1) is 25.6. The van der Waals surface area contributed by atoms with E-state index in [1.165, 1.54) is 11.8 Å². The van der Waals surface area contributed by atoms with Gasteiger partial charge >= 0.3 is 0 Å². The van der Waals surface area contributed by atoms with Crippen LogP contribution >= 0.6 is 35.0 Å². The molecule has 35 heavy (non-hydrogen) atoms. The summed E-state index contributed by atoms with van der Waals surface area (Å²) in [5, 5.41) is 4.62. The number of hydrogen-bond donors (Lipinski definition) is 1. The van der Waals surface area contributed by atoms with Crippen LogP contribution in [0.25, 0.3) is 0 Å². The standard InChI is InChI=1S/C25H27Cl2N5O2S/c1-34-14-9-28-24(33)19-7-5-18(6-8-19)17-35-25-29-22(27)16-23(30-25)32-12-10-31(11-13-32)21-4-2-3-20(26)15-21/h2-8,15-16H,9-14,17H2,1H3,(H,28,33). The molecule has 1 aromatic heterocycles. The third kappa shape index (κ3) is 7.24. The van der Waals surface area contributed by atoms with E-state index in [0.717, 1.165) is 48.3 Å². The Labute approximate surface area is 219 Å². The van der Waals surface area contributed by atoms with Gasteiger partial charge in [0.15, 0.2) is 5.16 Å². The number of benzene rings is 2. The molecule has 0 bridgehead atoms. The molecule has 0 aliphatic carbocycles. The van der Waals surface area contributed by atoms with Gasteiger partial charge in [-0.3, -0.25) is 4.79 Å². The van der Waals surface area contributed by atoms with Crippen molar-refractivity contribution in [2.24, 2.45) is 0 Å². The molecule has 0 unspecified atom stereocenters. The van der Waals surface area contributed by atoms with Crippen LogP contribution < -0.4 is 15.1 Å². The second-order valence-electron chi connectivity index (χ2n) is 8.02. The summed E-state index contributed by atoms with van der Waals surface area (Å²) >= 11 is 14.0. The average molecular weight is 532 g/mol. The van der Waals surface area contributed by atoms with Crippen molar-refractivity contribution >= 4 is 52.4 Å². The summed E-state index contributed by atoms with van der Waals surface area (Å²) in [6.07, 6.45) is 0. The molecule has 0 radical (unpaired) electrons. The monoisotopic (exact) mass is 531 g/mol. The Balaban J connectivity index is 1.33. The molecular weight excluding hydrogens is 505 g/mol. The van der Waals surface area contributed by atoms with Crippen LogP contribution in [0.1, 0.15) is 15.9 Å². The lowest BCUT2D eigenvalue weighted by Gasteiger charge is -2.36. The van der Waals surface area contributed by atoms with Gasteiger partial charge in [0.25, 0.3) is 5.91 Å². The fourth-order valence-electron chi connectivity index (χ4n) is 3.75. The second-order valence-corrected chi connectivity index (χ2v) is 9.79. The number of halogens is 2. The molecule has 1 saturated heterocycles. The van der Waals surface area contributed by atoms with E-state index < -0.39 is 0 Å². The largest absolute Gasteiger partial charge is 0.383 e. The summed E-state index contributed by atoms with van der Waals surface area (Å²) in [6, 6.07) is 17.3. The Morgan fingerprint density at radius 3 is 2.49 bits per heavy atom. The molecule has 7 nitrogen and oxygen atoms in total. The van der Waals surface area contributed by atoms with E-state index in [4.69, 9.17) is 32.9 Å². The van der Waals surface area contributed by atoms with Gasteiger partial charge < -0.3 is 19.9 Å². The highest BCUT2D eigenvalue weighted by Gasteiger charge is 2.20. The normalized spacial score (nSPS) is 13.7. The van der Waals surface area contributed by atoms with Gasteiger partial charge in [0.2, 0.25) is 0 Å². The number of amides is 1. The fraction of sp³-hybridized carbons (Fsp3) is 0.320. The molecular formula is C25H27Cl2N5O2S. The van der Waals surface area contributed by atoms with E-state index in [2.05, 4.69) is 26.2 Å². The van der Waals surface area contributed by atoms with E-state index in [9.17, 15) is 4.79 Å². The maximum Gasteiger partial charge on any atom is 0.251 e. The zero-order valence-electron chi connectivity index (χ0n) is 19.4. The minimum atomic E-state index is -0.112. The molecule has 0 atom stereocenters. The highest BCUT2D eigenvalue weighted by molar-refractivity contribution is 7.98. The molecule has 0 spiro atoms. The zero-order chi connectivity index (χ0) is 24.6. The number of nitrogens with zero attached hydrogens (tertiary/aromatic N) is 4. The number of methoxy groups -OCH3 is 1. The van der Waals surface area contributed by atoms with Gasteiger partial charge in [0.1, 0.15) is 11.0 Å². The molecule has 184 valence electrons. The van der Waals surface area contributed by atoms with Crippen LogP contribution in [-0.4, -0.2) is 62.3 Å². The molecule has 10 heteroatoms. The Kier molecular flexibility index (Phi) is 9.09. The van der Waals surface area contributed by atoms with E-state index in [1.807, 2.05) is 48.5 Å². The van der Waals surface area contributed by atoms with Crippen LogP contribution in [0.4, 0.5) is 11.5 Å². The number of nitrogens with one attached hydrogen (secondary N) is 1. The highest BCUT2D eigenvalue weighted by Crippen LogP contribution is 2.27. The number of anilines is 2. The third-order valence-electron chi connectivity index (χ3n) is 5.61. The number of ether oxygens (including phenoxy) is 1. The summed E-state index contributed by atoms with van der Waals surface area (Å²) in [5.74, 6) is 1.40. The average Bonchev–Trinajstić information content (AvgIpc) is 2.88. The molecule has 1 amide bonds. The Morgan fingerprint density at radius 2 is 1.77 bits per heavy atom. The Hall–Kier alpha value is -2.52. The number of carbonyl (C=O) groups excluding carboxylic acids is 1. The van der Waals surface area contributed by atoms with Crippen LogP contribution in [0.15, 0.2) is 59.8 Å². The van der Waals surface area contributed by atoms with Crippen molar-refractivity contribution in [1.29, 1.82) is 0 Å². The van der Waals surface area contributed by atoms with Crippen molar-refractivity contribution in [2.45, 2.75) is 10.9 Å². The van der Waals surface area contributed by atoms with E-state index in [0.29, 0.717) is 34.8 Å². The first-order valence-corrected chi connectivity index (χ1v) is 13.0. The van der Waals surface area contributed by atoms with Crippen LogP contribution in [0.3, 0.4) is 0 Å². The van der Waals surface area contributed by atoms with Gasteiger partial charge in [0, 0.05) is 67.9 Å². The van der Waals surface area contributed by atoms with Crippen LogP contribution in [0, 0.1) is 0 Å². The van der Waals surface area contributed by atoms with Crippen molar-refractivity contribution in [3.8, 4) is 0 Å². The third-order valence-corrected chi connectivity index (χ3v) is 6.96.